The van der Waals surface area contributed by atoms with Crippen molar-refractivity contribution in [2.24, 2.45) is 0 Å². The summed E-state index contributed by atoms with van der Waals surface area (Å²) < 4.78 is 4.90. The zero-order chi connectivity index (χ0) is 15.3. The molecule has 108 valence electrons. The summed E-state index contributed by atoms with van der Waals surface area (Å²) in [5, 5.41) is 24.0. The maximum atomic E-state index is 11.4. The minimum absolute atomic E-state index is 0.183. The first-order valence-corrected chi connectivity index (χ1v) is 5.61. The minimum Gasteiger partial charge on any atom is -0.460 e. The zero-order valence-corrected chi connectivity index (χ0v) is 10.9. The van der Waals surface area contributed by atoms with Gasteiger partial charge in [-0.25, -0.2) is 0 Å². The molecule has 1 N–H and O–H groups in total. The highest BCUT2D eigenvalue weighted by molar-refractivity contribution is 5.75. The number of nitrogens with zero attached hydrogens (tertiary/aromatic N) is 2. The summed E-state index contributed by atoms with van der Waals surface area (Å²) in [7, 11) is 1.57. The zero-order valence-electron chi connectivity index (χ0n) is 10.9. The molecule has 1 aromatic rings. The average Bonchev–Trinajstić information content (AvgIpc) is 2.43. The Morgan fingerprint density at radius 1 is 1.25 bits per heavy atom. The lowest BCUT2D eigenvalue weighted by Gasteiger charge is -2.10. The largest absolute Gasteiger partial charge is 0.460 e. The van der Waals surface area contributed by atoms with Crippen molar-refractivity contribution in [1.29, 1.82) is 0 Å². The van der Waals surface area contributed by atoms with Gasteiger partial charge in [0, 0.05) is 17.7 Å². The van der Waals surface area contributed by atoms with Gasteiger partial charge < -0.3 is 10.1 Å². The number of nitro benzene ring substituents is 2. The molecule has 0 fully saturated rings. The van der Waals surface area contributed by atoms with E-state index < -0.39 is 33.2 Å². The number of benzene rings is 1. The van der Waals surface area contributed by atoms with E-state index in [0.717, 1.165) is 18.2 Å². The van der Waals surface area contributed by atoms with Crippen LogP contribution in [0.15, 0.2) is 18.2 Å². The fourth-order valence-corrected chi connectivity index (χ4v) is 1.35. The Morgan fingerprint density at radius 2 is 1.75 bits per heavy atom. The summed E-state index contributed by atoms with van der Waals surface area (Å²) in [6.45, 7) is 1.31. The Labute approximate surface area is 113 Å². The van der Waals surface area contributed by atoms with Gasteiger partial charge in [-0.15, -0.1) is 0 Å². The predicted octanol–water partition coefficient (Wildman–Crippen LogP) is 1.15. The third-order valence-corrected chi connectivity index (χ3v) is 2.55. The first kappa shape index (κ1) is 15.5. The van der Waals surface area contributed by atoms with E-state index in [9.17, 15) is 25.0 Å². The normalized spacial score (nSPS) is 11.7. The van der Waals surface area contributed by atoms with Crippen molar-refractivity contribution in [1.82, 2.24) is 5.32 Å². The van der Waals surface area contributed by atoms with E-state index in [4.69, 9.17) is 4.74 Å². The van der Waals surface area contributed by atoms with Crippen LogP contribution in [0, 0.1) is 20.2 Å². The lowest BCUT2D eigenvalue weighted by molar-refractivity contribution is -0.394. The second kappa shape index (κ2) is 6.57. The van der Waals surface area contributed by atoms with Gasteiger partial charge in [-0.05, 0) is 14.0 Å². The van der Waals surface area contributed by atoms with Crippen LogP contribution in [-0.4, -0.2) is 28.9 Å². The fraction of sp³-hybridized carbons (Fsp3) is 0.364. The van der Waals surface area contributed by atoms with E-state index in [1.807, 2.05) is 0 Å². The lowest BCUT2D eigenvalue weighted by Crippen LogP contribution is -2.32. The van der Waals surface area contributed by atoms with Gasteiger partial charge in [0.2, 0.25) is 0 Å². The molecule has 1 aromatic carbocycles. The van der Waals surface area contributed by atoms with Crippen molar-refractivity contribution < 1.29 is 19.4 Å². The summed E-state index contributed by atoms with van der Waals surface area (Å²) in [6, 6.07) is 2.57. The molecule has 1 rings (SSSR count). The number of hydrogen-bond donors (Lipinski definition) is 1. The number of rotatable bonds is 6. The second-order valence-corrected chi connectivity index (χ2v) is 3.99. The van der Waals surface area contributed by atoms with Crippen LogP contribution in [0.4, 0.5) is 11.4 Å². The number of likely N-dealkylation sites (N-methyl/N-ethyl adjacent to an activating group) is 1. The van der Waals surface area contributed by atoms with Crippen molar-refractivity contribution in [3.8, 4) is 0 Å². The molecule has 0 aliphatic rings. The van der Waals surface area contributed by atoms with E-state index >= 15 is 0 Å². The molecule has 0 heterocycles. The number of nitro groups is 2. The Kier molecular flexibility index (Phi) is 5.09. The smallest absolute Gasteiger partial charge is 0.323 e. The highest BCUT2D eigenvalue weighted by Gasteiger charge is 2.18. The second-order valence-electron chi connectivity index (χ2n) is 3.99. The third-order valence-electron chi connectivity index (χ3n) is 2.55. The third kappa shape index (κ3) is 3.99. The maximum Gasteiger partial charge on any atom is 0.323 e. The minimum atomic E-state index is -0.742. The molecule has 20 heavy (non-hydrogen) atoms. The first-order chi connectivity index (χ1) is 9.35. The molecule has 9 nitrogen and oxygen atoms in total. The van der Waals surface area contributed by atoms with Crippen LogP contribution in [0.25, 0.3) is 0 Å². The molecule has 0 aromatic heterocycles. The molecule has 0 radical (unpaired) electrons. The lowest BCUT2D eigenvalue weighted by atomic mass is 10.2. The van der Waals surface area contributed by atoms with Gasteiger partial charge >= 0.3 is 5.97 Å². The van der Waals surface area contributed by atoms with E-state index in [1.54, 1.807) is 14.0 Å². The highest BCUT2D eigenvalue weighted by Crippen LogP contribution is 2.23. The summed E-state index contributed by atoms with van der Waals surface area (Å²) in [6.07, 6.45) is 0. The summed E-state index contributed by atoms with van der Waals surface area (Å²) in [5.74, 6) is -0.554. The number of non-ortho nitro benzene ring substituents is 2. The van der Waals surface area contributed by atoms with Gasteiger partial charge in [0.15, 0.2) is 0 Å². The van der Waals surface area contributed by atoms with Gasteiger partial charge in [0.25, 0.3) is 11.4 Å². The van der Waals surface area contributed by atoms with Crippen LogP contribution < -0.4 is 5.32 Å². The van der Waals surface area contributed by atoms with Crippen LogP contribution in [0.1, 0.15) is 12.5 Å². The number of carbonyl (C=O) groups excluding carboxylic acids is 1. The Morgan fingerprint density at radius 3 is 2.15 bits per heavy atom. The molecule has 0 amide bonds. The highest BCUT2D eigenvalue weighted by atomic mass is 16.6. The van der Waals surface area contributed by atoms with Gasteiger partial charge in [-0.1, -0.05) is 0 Å². The molecule has 0 aliphatic carbocycles. The van der Waals surface area contributed by atoms with Crippen LogP contribution in [-0.2, 0) is 16.1 Å². The molecule has 1 atom stereocenters. The SMILES string of the molecule is CN[C@@H](C)C(=O)OCc1cc([N+](=O)[O-])cc([N+](=O)[O-])c1. The van der Waals surface area contributed by atoms with Crippen molar-refractivity contribution >= 4 is 17.3 Å². The Balaban J connectivity index is 2.92. The quantitative estimate of drug-likeness (QED) is 0.471. The van der Waals surface area contributed by atoms with E-state index in [1.165, 1.54) is 0 Å². The summed E-state index contributed by atoms with van der Waals surface area (Å²) >= 11 is 0. The molecule has 9 heteroatoms. The number of carbonyl (C=O) groups is 1. The first-order valence-electron chi connectivity index (χ1n) is 5.61. The van der Waals surface area contributed by atoms with E-state index in [2.05, 4.69) is 5.32 Å². The van der Waals surface area contributed by atoms with E-state index in [-0.39, 0.29) is 12.2 Å². The topological polar surface area (TPSA) is 125 Å². The Hall–Kier alpha value is -2.55. The number of nitrogens with one attached hydrogen (secondary N) is 1. The van der Waals surface area contributed by atoms with Gasteiger partial charge in [0.05, 0.1) is 15.9 Å². The molecular formula is C11H13N3O6. The van der Waals surface area contributed by atoms with Crippen LogP contribution in [0.2, 0.25) is 0 Å². The maximum absolute atomic E-state index is 11.4. The summed E-state index contributed by atoms with van der Waals surface area (Å²) in [5.41, 5.74) is -0.665. The van der Waals surface area contributed by atoms with Crippen LogP contribution >= 0.6 is 0 Å². The molecule has 0 unspecified atom stereocenters. The standard InChI is InChI=1S/C11H13N3O6/c1-7(12-2)11(15)20-6-8-3-9(13(16)17)5-10(4-8)14(18)19/h3-5,7,12H,6H2,1-2H3/t7-/m0/s1. The Bertz CT molecular complexity index is 513. The molecule has 0 bridgehead atoms. The summed E-state index contributed by atoms with van der Waals surface area (Å²) in [4.78, 5) is 31.3. The van der Waals surface area contributed by atoms with Crippen molar-refractivity contribution in [3.63, 3.8) is 0 Å². The number of hydrogen-bond acceptors (Lipinski definition) is 7. The van der Waals surface area contributed by atoms with Gasteiger partial charge in [-0.3, -0.25) is 25.0 Å². The monoisotopic (exact) mass is 283 g/mol. The van der Waals surface area contributed by atoms with Crippen LogP contribution in [0.5, 0.6) is 0 Å². The number of ether oxygens (including phenoxy) is 1. The molecule has 0 aliphatic heterocycles. The van der Waals surface area contributed by atoms with E-state index in [0.29, 0.717) is 0 Å². The molecule has 0 saturated heterocycles. The van der Waals surface area contributed by atoms with Crippen molar-refractivity contribution in [2.75, 3.05) is 7.05 Å². The fourth-order valence-electron chi connectivity index (χ4n) is 1.35. The predicted molar refractivity (Wildman–Crippen MR) is 68.1 cm³/mol. The number of esters is 1. The average molecular weight is 283 g/mol. The molecule has 0 saturated carbocycles. The molecule has 0 spiro atoms. The molecular weight excluding hydrogens is 270 g/mol. The van der Waals surface area contributed by atoms with Gasteiger partial charge in [-0.2, -0.15) is 0 Å². The van der Waals surface area contributed by atoms with Crippen LogP contribution in [0.3, 0.4) is 0 Å². The van der Waals surface area contributed by atoms with Crippen molar-refractivity contribution in [2.45, 2.75) is 19.6 Å². The van der Waals surface area contributed by atoms with Crippen molar-refractivity contribution in [3.05, 3.63) is 44.0 Å². The van der Waals surface area contributed by atoms with Gasteiger partial charge in [0.1, 0.15) is 12.6 Å².